The summed E-state index contributed by atoms with van der Waals surface area (Å²) in [6.07, 6.45) is 0. The van der Waals surface area contributed by atoms with E-state index < -0.39 is 23.8 Å². The second-order valence-electron chi connectivity index (χ2n) is 5.27. The fourth-order valence-corrected chi connectivity index (χ4v) is 2.76. The third-order valence-corrected chi connectivity index (χ3v) is 4.44. The minimum absolute atomic E-state index is 0.344. The van der Waals surface area contributed by atoms with Crippen molar-refractivity contribution in [1.29, 1.82) is 0 Å². The molecular weight excluding hydrogens is 363 g/mol. The number of hydrogen-bond donors (Lipinski definition) is 1. The fraction of sp³-hybridized carbons (Fsp3) is 0.267. The quantitative estimate of drug-likeness (QED) is 0.821. The zero-order valence-corrected chi connectivity index (χ0v) is 14.5. The molecule has 8 heteroatoms. The summed E-state index contributed by atoms with van der Waals surface area (Å²) in [6.45, 7) is 3.41. The molecule has 1 atom stereocenters. The van der Waals surface area contributed by atoms with Gasteiger partial charge in [0.1, 0.15) is 16.1 Å². The minimum Gasteiger partial charge on any atom is -0.323 e. The Bertz CT molecular complexity index is 692. The number of hydrogen-bond acceptors (Lipinski definition) is 3. The van der Waals surface area contributed by atoms with Gasteiger partial charge < -0.3 is 5.32 Å². The first kappa shape index (κ1) is 17.8. The van der Waals surface area contributed by atoms with E-state index in [-0.39, 0.29) is 16.0 Å². The molecule has 3 amide bonds. The number of halogens is 3. The average Bonchev–Trinajstić information content (AvgIpc) is 2.67. The third kappa shape index (κ3) is 3.37. The molecule has 0 saturated heterocycles. The molecular formula is C15H13Cl3N2O3. The van der Waals surface area contributed by atoms with Crippen molar-refractivity contribution in [3.63, 3.8) is 0 Å². The number of amides is 3. The van der Waals surface area contributed by atoms with Crippen LogP contribution >= 0.6 is 34.8 Å². The van der Waals surface area contributed by atoms with E-state index in [1.807, 2.05) is 0 Å². The van der Waals surface area contributed by atoms with Gasteiger partial charge in [-0.2, -0.15) is 0 Å². The molecule has 1 aromatic rings. The number of carbonyl (C=O) groups is 3. The van der Waals surface area contributed by atoms with Crippen LogP contribution in [0.2, 0.25) is 5.02 Å². The zero-order chi connectivity index (χ0) is 17.3. The van der Waals surface area contributed by atoms with E-state index >= 15 is 0 Å². The van der Waals surface area contributed by atoms with Crippen molar-refractivity contribution in [3.8, 4) is 0 Å². The Hall–Kier alpha value is -1.56. The largest absolute Gasteiger partial charge is 0.323 e. The van der Waals surface area contributed by atoms with Gasteiger partial charge >= 0.3 is 0 Å². The van der Waals surface area contributed by atoms with Crippen LogP contribution in [0.4, 0.5) is 5.69 Å². The predicted octanol–water partition coefficient (Wildman–Crippen LogP) is 3.36. The Kier molecular flexibility index (Phi) is 5.34. The highest BCUT2D eigenvalue weighted by atomic mass is 35.5. The van der Waals surface area contributed by atoms with Gasteiger partial charge in [-0.05, 0) is 18.1 Å². The normalized spacial score (nSPS) is 16.3. The number of benzene rings is 1. The van der Waals surface area contributed by atoms with Gasteiger partial charge in [0.05, 0.1) is 10.7 Å². The van der Waals surface area contributed by atoms with Gasteiger partial charge in [0.2, 0.25) is 5.91 Å². The van der Waals surface area contributed by atoms with Crippen LogP contribution in [-0.4, -0.2) is 28.7 Å². The molecule has 5 nitrogen and oxygen atoms in total. The van der Waals surface area contributed by atoms with Gasteiger partial charge in [-0.25, -0.2) is 0 Å². The monoisotopic (exact) mass is 374 g/mol. The molecule has 23 heavy (non-hydrogen) atoms. The highest BCUT2D eigenvalue weighted by Crippen LogP contribution is 2.31. The molecule has 0 spiro atoms. The van der Waals surface area contributed by atoms with Crippen molar-refractivity contribution < 1.29 is 14.4 Å². The summed E-state index contributed by atoms with van der Waals surface area (Å²) in [6, 6.07) is 5.59. The van der Waals surface area contributed by atoms with Crippen LogP contribution in [-0.2, 0) is 14.4 Å². The Morgan fingerprint density at radius 1 is 1.04 bits per heavy atom. The van der Waals surface area contributed by atoms with Gasteiger partial charge in [-0.1, -0.05) is 60.8 Å². The maximum absolute atomic E-state index is 12.6. The van der Waals surface area contributed by atoms with E-state index in [9.17, 15) is 14.4 Å². The van der Waals surface area contributed by atoms with Crippen molar-refractivity contribution in [2.75, 3.05) is 5.32 Å². The lowest BCUT2D eigenvalue weighted by Crippen LogP contribution is -2.50. The van der Waals surface area contributed by atoms with Crippen LogP contribution in [0.1, 0.15) is 13.8 Å². The topological polar surface area (TPSA) is 66.5 Å². The average molecular weight is 376 g/mol. The summed E-state index contributed by atoms with van der Waals surface area (Å²) in [5.74, 6) is -2.47. The Morgan fingerprint density at radius 3 is 2.04 bits per heavy atom. The molecule has 0 aromatic heterocycles. The molecule has 0 aliphatic carbocycles. The van der Waals surface area contributed by atoms with E-state index in [1.54, 1.807) is 38.1 Å². The lowest BCUT2D eigenvalue weighted by molar-refractivity contribution is -0.145. The first-order valence-electron chi connectivity index (χ1n) is 6.74. The summed E-state index contributed by atoms with van der Waals surface area (Å²) in [7, 11) is 0. The zero-order valence-electron chi connectivity index (χ0n) is 12.3. The van der Waals surface area contributed by atoms with Crippen LogP contribution in [0.3, 0.4) is 0 Å². The predicted molar refractivity (Wildman–Crippen MR) is 89.3 cm³/mol. The lowest BCUT2D eigenvalue weighted by Gasteiger charge is -2.28. The summed E-state index contributed by atoms with van der Waals surface area (Å²) in [5, 5.41) is 2.20. The molecule has 122 valence electrons. The van der Waals surface area contributed by atoms with E-state index in [0.717, 1.165) is 4.90 Å². The Balaban J connectivity index is 2.30. The smallest absolute Gasteiger partial charge is 0.274 e. The van der Waals surface area contributed by atoms with Crippen LogP contribution in [0.5, 0.6) is 0 Å². The molecule has 1 aliphatic rings. The van der Waals surface area contributed by atoms with Crippen molar-refractivity contribution >= 4 is 58.2 Å². The number of para-hydroxylation sites is 1. The van der Waals surface area contributed by atoms with Crippen LogP contribution < -0.4 is 5.32 Å². The molecule has 0 fully saturated rings. The number of carbonyl (C=O) groups excluding carboxylic acids is 3. The molecule has 1 heterocycles. The van der Waals surface area contributed by atoms with Crippen molar-refractivity contribution in [1.82, 2.24) is 4.90 Å². The van der Waals surface area contributed by atoms with Crippen LogP contribution in [0.15, 0.2) is 34.3 Å². The summed E-state index contributed by atoms with van der Waals surface area (Å²) in [4.78, 5) is 37.6. The first-order chi connectivity index (χ1) is 10.8. The molecule has 1 aromatic carbocycles. The lowest BCUT2D eigenvalue weighted by atomic mass is 10.0. The fourth-order valence-electron chi connectivity index (χ4n) is 2.23. The molecule has 1 N–H and O–H groups in total. The SMILES string of the molecule is CC(C)[C@@H](C(=O)Nc1ccccc1Cl)N1C(=O)C(Cl)=C(Cl)C1=O. The van der Waals surface area contributed by atoms with Gasteiger partial charge in [0, 0.05) is 0 Å². The molecule has 0 radical (unpaired) electrons. The molecule has 0 saturated carbocycles. The molecule has 0 unspecified atom stereocenters. The summed E-state index contributed by atoms with van der Waals surface area (Å²) < 4.78 is 0. The number of anilines is 1. The second-order valence-corrected chi connectivity index (χ2v) is 6.43. The van der Waals surface area contributed by atoms with Gasteiger partial charge in [0.15, 0.2) is 0 Å². The van der Waals surface area contributed by atoms with Crippen molar-refractivity contribution in [3.05, 3.63) is 39.4 Å². The van der Waals surface area contributed by atoms with Crippen LogP contribution in [0.25, 0.3) is 0 Å². The standard InChI is InChI=1S/C15H13Cl3N2O3/c1-7(2)12(20-14(22)10(17)11(18)15(20)23)13(21)19-9-6-4-3-5-8(9)16/h3-7,12H,1-2H3,(H,19,21)/t12-/m0/s1. The molecule has 1 aliphatic heterocycles. The Morgan fingerprint density at radius 2 is 1.57 bits per heavy atom. The van der Waals surface area contributed by atoms with Crippen molar-refractivity contribution in [2.24, 2.45) is 5.92 Å². The number of rotatable bonds is 4. The van der Waals surface area contributed by atoms with E-state index in [4.69, 9.17) is 34.8 Å². The van der Waals surface area contributed by atoms with Crippen LogP contribution in [0, 0.1) is 5.92 Å². The van der Waals surface area contributed by atoms with Gasteiger partial charge in [-0.3, -0.25) is 19.3 Å². The summed E-state index contributed by atoms with van der Waals surface area (Å²) >= 11 is 17.5. The van der Waals surface area contributed by atoms with E-state index in [0.29, 0.717) is 10.7 Å². The van der Waals surface area contributed by atoms with Gasteiger partial charge in [-0.15, -0.1) is 0 Å². The second kappa shape index (κ2) is 6.91. The highest BCUT2D eigenvalue weighted by Gasteiger charge is 2.45. The third-order valence-electron chi connectivity index (χ3n) is 3.32. The maximum Gasteiger partial charge on any atom is 0.274 e. The maximum atomic E-state index is 12.6. The Labute approximate surface area is 148 Å². The number of nitrogens with one attached hydrogen (secondary N) is 1. The highest BCUT2D eigenvalue weighted by molar-refractivity contribution is 6.58. The first-order valence-corrected chi connectivity index (χ1v) is 7.87. The van der Waals surface area contributed by atoms with Crippen molar-refractivity contribution in [2.45, 2.75) is 19.9 Å². The molecule has 2 rings (SSSR count). The summed E-state index contributed by atoms with van der Waals surface area (Å²) in [5.41, 5.74) is 0.383. The van der Waals surface area contributed by atoms with E-state index in [2.05, 4.69) is 5.32 Å². The minimum atomic E-state index is -1.06. The molecule has 0 bridgehead atoms. The number of imide groups is 1. The van der Waals surface area contributed by atoms with E-state index in [1.165, 1.54) is 0 Å². The number of nitrogens with zero attached hydrogens (tertiary/aromatic N) is 1. The van der Waals surface area contributed by atoms with Gasteiger partial charge in [0.25, 0.3) is 11.8 Å².